The molecule has 0 spiro atoms. The molecule has 1 aromatic heterocycles. The number of hydrogen-bond acceptors (Lipinski definition) is 3. The van der Waals surface area contributed by atoms with Crippen molar-refractivity contribution in [3.05, 3.63) is 77.6 Å². The van der Waals surface area contributed by atoms with E-state index in [-0.39, 0.29) is 0 Å². The molecule has 96 valence electrons. The normalized spacial score (nSPS) is 12.0. The summed E-state index contributed by atoms with van der Waals surface area (Å²) >= 11 is 0. The molecule has 0 amide bonds. The van der Waals surface area contributed by atoms with Crippen LogP contribution in [-0.4, -0.2) is 10.1 Å². The van der Waals surface area contributed by atoms with E-state index in [1.54, 1.807) is 0 Å². The van der Waals surface area contributed by atoms with Gasteiger partial charge in [-0.25, -0.2) is 0 Å². The van der Waals surface area contributed by atoms with Gasteiger partial charge in [-0.3, -0.25) is 4.98 Å². The number of nitrogens with zero attached hydrogens (tertiary/aromatic N) is 2. The first-order valence-electron chi connectivity index (χ1n) is 6.32. The Balaban J connectivity index is 2.21. The maximum absolute atomic E-state index is 10.5. The zero-order valence-electron chi connectivity index (χ0n) is 10.7. The minimum atomic E-state index is -0.797. The molecule has 0 aliphatic rings. The Bertz CT molecular complexity index is 791. The number of fused-ring (bicyclic) bond motifs is 1. The van der Waals surface area contributed by atoms with E-state index in [0.29, 0.717) is 11.3 Å². The second-order valence-electron chi connectivity index (χ2n) is 4.53. The minimum Gasteiger partial charge on any atom is -0.382 e. The third-order valence-electron chi connectivity index (χ3n) is 3.32. The average molecular weight is 260 g/mol. The molecule has 0 radical (unpaired) electrons. The van der Waals surface area contributed by atoms with Crippen LogP contribution in [0.1, 0.15) is 22.9 Å². The van der Waals surface area contributed by atoms with Crippen molar-refractivity contribution in [2.75, 3.05) is 0 Å². The van der Waals surface area contributed by atoms with Crippen LogP contribution in [0.3, 0.4) is 0 Å². The van der Waals surface area contributed by atoms with E-state index < -0.39 is 6.10 Å². The Labute approximate surface area is 116 Å². The summed E-state index contributed by atoms with van der Waals surface area (Å²) in [7, 11) is 0. The lowest BCUT2D eigenvalue weighted by Gasteiger charge is -2.13. The van der Waals surface area contributed by atoms with Crippen molar-refractivity contribution in [2.45, 2.75) is 6.10 Å². The van der Waals surface area contributed by atoms with Crippen molar-refractivity contribution in [2.24, 2.45) is 0 Å². The molecule has 3 aromatic rings. The number of aromatic nitrogens is 1. The summed E-state index contributed by atoms with van der Waals surface area (Å²) in [5.74, 6) is 0. The molecule has 3 nitrogen and oxygen atoms in total. The number of pyridine rings is 1. The van der Waals surface area contributed by atoms with E-state index >= 15 is 0 Å². The molecule has 0 aliphatic heterocycles. The lowest BCUT2D eigenvalue weighted by atomic mass is 9.99. The molecule has 0 saturated carbocycles. The summed E-state index contributed by atoms with van der Waals surface area (Å²) in [5, 5.41) is 21.3. The fraction of sp³-hybridized carbons (Fsp3) is 0.0588. The highest BCUT2D eigenvalue weighted by Gasteiger charge is 2.16. The Morgan fingerprint density at radius 1 is 0.950 bits per heavy atom. The lowest BCUT2D eigenvalue weighted by molar-refractivity contribution is 0.217. The Kier molecular flexibility index (Phi) is 3.16. The molecule has 0 aliphatic carbocycles. The molecular formula is C17H12N2O. The lowest BCUT2D eigenvalue weighted by Crippen LogP contribution is -2.03. The van der Waals surface area contributed by atoms with Crippen LogP contribution in [0.25, 0.3) is 10.8 Å². The SMILES string of the molecule is N#Cc1cnc(C(O)c2ccccc2)c2ccccc12. The number of benzene rings is 2. The van der Waals surface area contributed by atoms with Gasteiger partial charge in [0.25, 0.3) is 0 Å². The molecule has 0 fully saturated rings. The van der Waals surface area contributed by atoms with Gasteiger partial charge in [0.05, 0.1) is 11.3 Å². The van der Waals surface area contributed by atoms with Crippen LogP contribution >= 0.6 is 0 Å². The molecular weight excluding hydrogens is 248 g/mol. The summed E-state index contributed by atoms with van der Waals surface area (Å²) < 4.78 is 0. The predicted octanol–water partition coefficient (Wildman–Crippen LogP) is 3.19. The van der Waals surface area contributed by atoms with Crippen LogP contribution < -0.4 is 0 Å². The third-order valence-corrected chi connectivity index (χ3v) is 3.32. The first-order chi connectivity index (χ1) is 9.81. The molecule has 1 heterocycles. The topological polar surface area (TPSA) is 56.9 Å². The highest BCUT2D eigenvalue weighted by molar-refractivity contribution is 5.89. The number of hydrogen-bond donors (Lipinski definition) is 1. The van der Waals surface area contributed by atoms with Gasteiger partial charge in [0.15, 0.2) is 0 Å². The van der Waals surface area contributed by atoms with Crippen LogP contribution in [0.2, 0.25) is 0 Å². The summed E-state index contributed by atoms with van der Waals surface area (Å²) in [6.07, 6.45) is 0.720. The van der Waals surface area contributed by atoms with Crippen molar-refractivity contribution in [3.63, 3.8) is 0 Å². The van der Waals surface area contributed by atoms with Gasteiger partial charge in [-0.05, 0) is 5.56 Å². The van der Waals surface area contributed by atoms with Gasteiger partial charge in [0, 0.05) is 17.0 Å². The highest BCUT2D eigenvalue weighted by atomic mass is 16.3. The van der Waals surface area contributed by atoms with Crippen molar-refractivity contribution in [3.8, 4) is 6.07 Å². The minimum absolute atomic E-state index is 0.518. The van der Waals surface area contributed by atoms with Crippen molar-refractivity contribution >= 4 is 10.8 Å². The van der Waals surface area contributed by atoms with Crippen LogP contribution in [0.4, 0.5) is 0 Å². The zero-order valence-corrected chi connectivity index (χ0v) is 10.7. The molecule has 20 heavy (non-hydrogen) atoms. The quantitative estimate of drug-likeness (QED) is 0.769. The number of nitriles is 1. The summed E-state index contributed by atoms with van der Waals surface area (Å²) in [6.45, 7) is 0. The van der Waals surface area contributed by atoms with E-state index in [1.807, 2.05) is 54.6 Å². The summed E-state index contributed by atoms with van der Waals surface area (Å²) in [4.78, 5) is 4.28. The zero-order chi connectivity index (χ0) is 13.9. The van der Waals surface area contributed by atoms with Crippen LogP contribution in [0.15, 0.2) is 60.8 Å². The van der Waals surface area contributed by atoms with Gasteiger partial charge in [-0.15, -0.1) is 0 Å². The predicted molar refractivity (Wildman–Crippen MR) is 77.0 cm³/mol. The smallest absolute Gasteiger partial charge is 0.122 e. The van der Waals surface area contributed by atoms with E-state index in [4.69, 9.17) is 5.26 Å². The van der Waals surface area contributed by atoms with Gasteiger partial charge < -0.3 is 5.11 Å². The molecule has 3 heteroatoms. The second kappa shape index (κ2) is 5.12. The van der Waals surface area contributed by atoms with Crippen molar-refractivity contribution < 1.29 is 5.11 Å². The summed E-state index contributed by atoms with van der Waals surface area (Å²) in [6, 6.07) is 19.0. The van der Waals surface area contributed by atoms with Crippen LogP contribution in [0.5, 0.6) is 0 Å². The van der Waals surface area contributed by atoms with Crippen LogP contribution in [-0.2, 0) is 0 Å². The molecule has 1 N–H and O–H groups in total. The summed E-state index contributed by atoms with van der Waals surface area (Å²) in [5.41, 5.74) is 1.88. The van der Waals surface area contributed by atoms with E-state index in [2.05, 4.69) is 11.1 Å². The maximum atomic E-state index is 10.5. The van der Waals surface area contributed by atoms with Crippen LogP contribution in [0, 0.1) is 11.3 Å². The van der Waals surface area contributed by atoms with E-state index in [0.717, 1.165) is 16.3 Å². The number of aliphatic hydroxyl groups excluding tert-OH is 1. The monoisotopic (exact) mass is 260 g/mol. The Hall–Kier alpha value is -2.70. The maximum Gasteiger partial charge on any atom is 0.122 e. The largest absolute Gasteiger partial charge is 0.382 e. The number of rotatable bonds is 2. The van der Waals surface area contributed by atoms with E-state index in [9.17, 15) is 5.11 Å². The fourth-order valence-electron chi connectivity index (χ4n) is 2.31. The van der Waals surface area contributed by atoms with Gasteiger partial charge in [0.1, 0.15) is 12.2 Å². The van der Waals surface area contributed by atoms with Gasteiger partial charge in [0.2, 0.25) is 0 Å². The molecule has 1 unspecified atom stereocenters. The fourth-order valence-corrected chi connectivity index (χ4v) is 2.31. The molecule has 0 bridgehead atoms. The van der Waals surface area contributed by atoms with Gasteiger partial charge in [-0.2, -0.15) is 5.26 Å². The Morgan fingerprint density at radius 2 is 1.60 bits per heavy atom. The molecule has 1 atom stereocenters. The van der Waals surface area contributed by atoms with Gasteiger partial charge >= 0.3 is 0 Å². The molecule has 3 rings (SSSR count). The third kappa shape index (κ3) is 2.03. The first-order valence-corrected chi connectivity index (χ1v) is 6.32. The van der Waals surface area contributed by atoms with Crippen molar-refractivity contribution in [1.82, 2.24) is 4.98 Å². The average Bonchev–Trinajstić information content (AvgIpc) is 2.54. The standard InChI is InChI=1S/C17H12N2O/c18-10-13-11-19-16(15-9-5-4-8-14(13)15)17(20)12-6-2-1-3-7-12/h1-9,11,17,20H. The second-order valence-corrected chi connectivity index (χ2v) is 4.53. The Morgan fingerprint density at radius 3 is 2.30 bits per heavy atom. The first kappa shape index (κ1) is 12.3. The highest BCUT2D eigenvalue weighted by Crippen LogP contribution is 2.28. The number of aliphatic hydroxyl groups is 1. The van der Waals surface area contributed by atoms with Crippen molar-refractivity contribution in [1.29, 1.82) is 5.26 Å². The molecule has 2 aromatic carbocycles. The van der Waals surface area contributed by atoms with Gasteiger partial charge in [-0.1, -0.05) is 54.6 Å². The molecule has 0 saturated heterocycles. The van der Waals surface area contributed by atoms with E-state index in [1.165, 1.54) is 6.20 Å².